The Morgan fingerprint density at radius 3 is 2.50 bits per heavy atom. The predicted molar refractivity (Wildman–Crippen MR) is 101 cm³/mol. The molecule has 3 rings (SSSR count). The number of fused-ring (bicyclic) bond motifs is 1. The summed E-state index contributed by atoms with van der Waals surface area (Å²) in [7, 11) is 3.11. The van der Waals surface area contributed by atoms with Crippen LogP contribution in [0.2, 0.25) is 0 Å². The summed E-state index contributed by atoms with van der Waals surface area (Å²) in [6.07, 6.45) is 4.49. The Bertz CT molecular complexity index is 994. The molecule has 0 aliphatic carbocycles. The van der Waals surface area contributed by atoms with Crippen molar-refractivity contribution in [3.63, 3.8) is 0 Å². The zero-order valence-corrected chi connectivity index (χ0v) is 16.4. The summed E-state index contributed by atoms with van der Waals surface area (Å²) in [4.78, 5) is 20.4. The SMILES string of the molecule is COc1cc2ncnc(Oc3cnn(CC(=O)OC(C)(C)C)c3)c2cc1OC. The summed E-state index contributed by atoms with van der Waals surface area (Å²) in [6.45, 7) is 5.42. The fraction of sp³-hybridized carbons (Fsp3) is 0.368. The van der Waals surface area contributed by atoms with E-state index in [2.05, 4.69) is 15.1 Å². The van der Waals surface area contributed by atoms with Gasteiger partial charge in [0.15, 0.2) is 17.2 Å². The molecular formula is C19H22N4O5. The first-order valence-corrected chi connectivity index (χ1v) is 8.58. The van der Waals surface area contributed by atoms with Gasteiger partial charge in [-0.1, -0.05) is 0 Å². The smallest absolute Gasteiger partial charge is 0.328 e. The summed E-state index contributed by atoms with van der Waals surface area (Å²) in [5.41, 5.74) is 0.0904. The van der Waals surface area contributed by atoms with Crippen molar-refractivity contribution in [2.24, 2.45) is 0 Å². The van der Waals surface area contributed by atoms with E-state index in [4.69, 9.17) is 18.9 Å². The lowest BCUT2D eigenvalue weighted by atomic mass is 10.2. The van der Waals surface area contributed by atoms with Crippen LogP contribution in [0.4, 0.5) is 0 Å². The average Bonchev–Trinajstić information content (AvgIpc) is 3.05. The minimum Gasteiger partial charge on any atom is -0.493 e. The molecule has 0 amide bonds. The first-order chi connectivity index (χ1) is 13.3. The topological polar surface area (TPSA) is 97.6 Å². The largest absolute Gasteiger partial charge is 0.493 e. The van der Waals surface area contributed by atoms with Crippen LogP contribution in [-0.4, -0.2) is 45.5 Å². The molecule has 0 saturated carbocycles. The second-order valence-corrected chi connectivity index (χ2v) is 6.97. The summed E-state index contributed by atoms with van der Waals surface area (Å²) in [6, 6.07) is 3.49. The van der Waals surface area contributed by atoms with Crippen molar-refractivity contribution in [3.05, 3.63) is 30.9 Å². The van der Waals surface area contributed by atoms with Gasteiger partial charge in [0.05, 0.1) is 37.5 Å². The van der Waals surface area contributed by atoms with Crippen LogP contribution >= 0.6 is 0 Å². The van der Waals surface area contributed by atoms with Gasteiger partial charge in [0.1, 0.15) is 18.5 Å². The monoisotopic (exact) mass is 386 g/mol. The highest BCUT2D eigenvalue weighted by molar-refractivity contribution is 5.87. The van der Waals surface area contributed by atoms with Gasteiger partial charge in [0.2, 0.25) is 5.88 Å². The van der Waals surface area contributed by atoms with Gasteiger partial charge in [-0.15, -0.1) is 0 Å². The van der Waals surface area contributed by atoms with Crippen LogP contribution < -0.4 is 14.2 Å². The molecule has 0 spiro atoms. The van der Waals surface area contributed by atoms with Crippen LogP contribution in [0.5, 0.6) is 23.1 Å². The number of carbonyl (C=O) groups excluding carboxylic acids is 1. The third-order valence-electron chi connectivity index (χ3n) is 3.64. The van der Waals surface area contributed by atoms with Crippen molar-refractivity contribution in [1.29, 1.82) is 0 Å². The average molecular weight is 386 g/mol. The van der Waals surface area contributed by atoms with E-state index < -0.39 is 5.60 Å². The van der Waals surface area contributed by atoms with Crippen LogP contribution in [0.15, 0.2) is 30.9 Å². The van der Waals surface area contributed by atoms with Gasteiger partial charge < -0.3 is 18.9 Å². The lowest BCUT2D eigenvalue weighted by Gasteiger charge is -2.19. The van der Waals surface area contributed by atoms with E-state index in [0.29, 0.717) is 34.0 Å². The number of carbonyl (C=O) groups is 1. The number of methoxy groups -OCH3 is 2. The Morgan fingerprint density at radius 1 is 1.11 bits per heavy atom. The molecular weight excluding hydrogens is 364 g/mol. The zero-order chi connectivity index (χ0) is 20.3. The second-order valence-electron chi connectivity index (χ2n) is 6.97. The molecule has 0 unspecified atom stereocenters. The van der Waals surface area contributed by atoms with Gasteiger partial charge in [-0.05, 0) is 26.8 Å². The molecule has 0 N–H and O–H groups in total. The minimum absolute atomic E-state index is 0.0177. The number of benzene rings is 1. The Labute approximate surface area is 162 Å². The van der Waals surface area contributed by atoms with Crippen molar-refractivity contribution in [1.82, 2.24) is 19.7 Å². The number of rotatable bonds is 6. The van der Waals surface area contributed by atoms with Gasteiger partial charge in [-0.2, -0.15) is 5.10 Å². The van der Waals surface area contributed by atoms with Crippen LogP contribution in [0.1, 0.15) is 20.8 Å². The number of nitrogens with zero attached hydrogens (tertiary/aromatic N) is 4. The van der Waals surface area contributed by atoms with Gasteiger partial charge in [0.25, 0.3) is 0 Å². The molecule has 0 aliphatic heterocycles. The van der Waals surface area contributed by atoms with E-state index in [1.54, 1.807) is 32.5 Å². The summed E-state index contributed by atoms with van der Waals surface area (Å²) in [5, 5.41) is 4.78. The Kier molecular flexibility index (Phi) is 5.34. The van der Waals surface area contributed by atoms with Crippen LogP contribution in [0.3, 0.4) is 0 Å². The van der Waals surface area contributed by atoms with Gasteiger partial charge >= 0.3 is 5.97 Å². The fourth-order valence-corrected chi connectivity index (χ4v) is 2.54. The molecule has 28 heavy (non-hydrogen) atoms. The van der Waals surface area contributed by atoms with E-state index in [1.165, 1.54) is 17.2 Å². The summed E-state index contributed by atoms with van der Waals surface area (Å²) in [5.74, 6) is 1.48. The van der Waals surface area contributed by atoms with Crippen molar-refractivity contribution in [3.8, 4) is 23.1 Å². The number of ether oxygens (including phenoxy) is 4. The van der Waals surface area contributed by atoms with E-state index in [-0.39, 0.29) is 12.5 Å². The molecule has 148 valence electrons. The Morgan fingerprint density at radius 2 is 1.82 bits per heavy atom. The molecule has 0 atom stereocenters. The van der Waals surface area contributed by atoms with Crippen LogP contribution in [0, 0.1) is 0 Å². The number of hydrogen-bond donors (Lipinski definition) is 0. The molecule has 3 aromatic rings. The van der Waals surface area contributed by atoms with Gasteiger partial charge in [-0.25, -0.2) is 9.97 Å². The first kappa shape index (κ1) is 19.4. The van der Waals surface area contributed by atoms with Crippen LogP contribution in [-0.2, 0) is 16.1 Å². The standard InChI is InChI=1S/C19H22N4O5/c1-19(2,3)28-17(24)10-23-9-12(8-22-23)27-18-13-6-15(25-4)16(26-5)7-14(13)20-11-21-18/h6-9,11H,10H2,1-5H3. The van der Waals surface area contributed by atoms with E-state index in [0.717, 1.165) is 0 Å². The van der Waals surface area contributed by atoms with Gasteiger partial charge in [-0.3, -0.25) is 9.48 Å². The third-order valence-corrected chi connectivity index (χ3v) is 3.64. The molecule has 0 radical (unpaired) electrons. The Hall–Kier alpha value is -3.36. The van der Waals surface area contributed by atoms with Crippen molar-refractivity contribution < 1.29 is 23.7 Å². The highest BCUT2D eigenvalue weighted by Gasteiger charge is 2.17. The summed E-state index contributed by atoms with van der Waals surface area (Å²) >= 11 is 0. The highest BCUT2D eigenvalue weighted by atomic mass is 16.6. The molecule has 2 heterocycles. The summed E-state index contributed by atoms with van der Waals surface area (Å²) < 4.78 is 23.2. The molecule has 9 heteroatoms. The maximum Gasteiger partial charge on any atom is 0.328 e. The molecule has 0 fully saturated rings. The molecule has 0 aliphatic rings. The van der Waals surface area contributed by atoms with Crippen molar-refractivity contribution in [2.45, 2.75) is 32.9 Å². The lowest BCUT2D eigenvalue weighted by Crippen LogP contribution is -2.26. The van der Waals surface area contributed by atoms with Crippen LogP contribution in [0.25, 0.3) is 10.9 Å². The molecule has 2 aromatic heterocycles. The number of esters is 1. The maximum absolute atomic E-state index is 11.9. The molecule has 0 saturated heterocycles. The zero-order valence-electron chi connectivity index (χ0n) is 16.4. The minimum atomic E-state index is -0.552. The third kappa shape index (κ3) is 4.48. The fourth-order valence-electron chi connectivity index (χ4n) is 2.54. The molecule has 9 nitrogen and oxygen atoms in total. The quantitative estimate of drug-likeness (QED) is 0.597. The number of hydrogen-bond acceptors (Lipinski definition) is 8. The Balaban J connectivity index is 1.82. The van der Waals surface area contributed by atoms with E-state index in [1.807, 2.05) is 20.8 Å². The second kappa shape index (κ2) is 7.71. The first-order valence-electron chi connectivity index (χ1n) is 8.58. The van der Waals surface area contributed by atoms with E-state index >= 15 is 0 Å². The molecule has 1 aromatic carbocycles. The highest BCUT2D eigenvalue weighted by Crippen LogP contribution is 2.35. The normalized spacial score (nSPS) is 11.3. The number of aromatic nitrogens is 4. The van der Waals surface area contributed by atoms with Crippen molar-refractivity contribution >= 4 is 16.9 Å². The predicted octanol–water partition coefficient (Wildman–Crippen LogP) is 2.98. The van der Waals surface area contributed by atoms with Crippen molar-refractivity contribution in [2.75, 3.05) is 14.2 Å². The van der Waals surface area contributed by atoms with Gasteiger partial charge in [0, 0.05) is 6.07 Å². The van der Waals surface area contributed by atoms with E-state index in [9.17, 15) is 4.79 Å². The lowest BCUT2D eigenvalue weighted by molar-refractivity contribution is -0.155. The maximum atomic E-state index is 11.9. The molecule has 0 bridgehead atoms.